The molecular weight excluding hydrogens is 331 g/mol. The summed E-state index contributed by atoms with van der Waals surface area (Å²) in [5.74, 6) is 0.573. The lowest BCUT2D eigenvalue weighted by molar-refractivity contribution is -0.115. The molecule has 1 aromatic carbocycles. The predicted octanol–water partition coefficient (Wildman–Crippen LogP) is 4.72. The zero-order chi connectivity index (χ0) is 15.6. The van der Waals surface area contributed by atoms with Crippen molar-refractivity contribution in [2.24, 2.45) is 0 Å². The summed E-state index contributed by atoms with van der Waals surface area (Å²) in [6.45, 7) is 5.48. The minimum Gasteiger partial charge on any atom is -0.437 e. The average Bonchev–Trinajstić information content (AvgIpc) is 2.71. The molecule has 2 aromatic rings. The van der Waals surface area contributed by atoms with E-state index in [-0.39, 0.29) is 11.2 Å². The van der Waals surface area contributed by atoms with E-state index in [0.29, 0.717) is 21.0 Å². The fourth-order valence-corrected chi connectivity index (χ4v) is 2.81. The largest absolute Gasteiger partial charge is 0.437 e. The Bertz CT molecular complexity index is 653. The third-order valence-electron chi connectivity index (χ3n) is 2.84. The Hall–Kier alpha value is -1.17. The van der Waals surface area contributed by atoms with Crippen molar-refractivity contribution in [3.05, 3.63) is 39.7 Å². The first-order valence-electron chi connectivity index (χ1n) is 6.23. The Balaban J connectivity index is 2.02. The van der Waals surface area contributed by atoms with Crippen molar-refractivity contribution in [1.29, 1.82) is 0 Å². The second-order valence-corrected chi connectivity index (χ2v) is 6.63. The van der Waals surface area contributed by atoms with Crippen molar-refractivity contribution in [3.8, 4) is 0 Å². The molecule has 0 aliphatic rings. The molecule has 0 bridgehead atoms. The molecule has 1 amide bonds. The molecule has 0 aliphatic carbocycles. The summed E-state index contributed by atoms with van der Waals surface area (Å²) < 4.78 is 5.45. The molecule has 1 N–H and O–H groups in total. The van der Waals surface area contributed by atoms with Crippen LogP contribution in [-0.4, -0.2) is 16.1 Å². The van der Waals surface area contributed by atoms with Gasteiger partial charge in [-0.15, -0.1) is 0 Å². The van der Waals surface area contributed by atoms with Crippen molar-refractivity contribution in [3.63, 3.8) is 0 Å². The van der Waals surface area contributed by atoms with Crippen LogP contribution in [0, 0.1) is 13.8 Å². The number of benzene rings is 1. The van der Waals surface area contributed by atoms with E-state index in [2.05, 4.69) is 10.3 Å². The number of anilines is 1. The number of thioether (sulfide) groups is 1. The molecule has 1 unspecified atom stereocenters. The molecule has 7 heteroatoms. The molecule has 1 atom stereocenters. The Morgan fingerprint density at radius 2 is 2.10 bits per heavy atom. The van der Waals surface area contributed by atoms with Crippen molar-refractivity contribution >= 4 is 46.6 Å². The molecule has 112 valence electrons. The second kappa shape index (κ2) is 6.73. The number of halogens is 2. The van der Waals surface area contributed by atoms with Crippen molar-refractivity contribution in [2.75, 3.05) is 5.32 Å². The maximum Gasteiger partial charge on any atom is 0.256 e. The molecule has 0 fully saturated rings. The predicted molar refractivity (Wildman–Crippen MR) is 86.4 cm³/mol. The van der Waals surface area contributed by atoms with Gasteiger partial charge in [0.15, 0.2) is 0 Å². The highest BCUT2D eigenvalue weighted by molar-refractivity contribution is 8.00. The van der Waals surface area contributed by atoms with Gasteiger partial charge in [-0.25, -0.2) is 4.98 Å². The first-order chi connectivity index (χ1) is 9.86. The fourth-order valence-electron chi connectivity index (χ4n) is 1.52. The maximum absolute atomic E-state index is 12.2. The Labute approximate surface area is 137 Å². The van der Waals surface area contributed by atoms with E-state index in [9.17, 15) is 4.79 Å². The highest BCUT2D eigenvalue weighted by Gasteiger charge is 2.19. The van der Waals surface area contributed by atoms with Crippen LogP contribution < -0.4 is 5.32 Å². The number of hydrogen-bond donors (Lipinski definition) is 1. The molecule has 21 heavy (non-hydrogen) atoms. The number of amides is 1. The van der Waals surface area contributed by atoms with Gasteiger partial charge < -0.3 is 9.73 Å². The number of carbonyl (C=O) groups is 1. The summed E-state index contributed by atoms with van der Waals surface area (Å²) in [5, 5.41) is 3.79. The van der Waals surface area contributed by atoms with Crippen LogP contribution in [0.5, 0.6) is 0 Å². The van der Waals surface area contributed by atoms with Crippen LogP contribution >= 0.6 is 35.0 Å². The molecule has 0 aliphatic heterocycles. The molecule has 0 radical (unpaired) electrons. The average molecular weight is 345 g/mol. The lowest BCUT2D eigenvalue weighted by Crippen LogP contribution is -2.22. The smallest absolute Gasteiger partial charge is 0.256 e. The molecule has 2 rings (SSSR count). The lowest BCUT2D eigenvalue weighted by Gasteiger charge is -2.11. The quantitative estimate of drug-likeness (QED) is 0.815. The summed E-state index contributed by atoms with van der Waals surface area (Å²) in [5.41, 5.74) is 1.35. The van der Waals surface area contributed by atoms with E-state index in [4.69, 9.17) is 27.6 Å². The van der Waals surface area contributed by atoms with Gasteiger partial charge in [0, 0.05) is 5.02 Å². The Kier molecular flexibility index (Phi) is 5.19. The molecule has 4 nitrogen and oxygen atoms in total. The second-order valence-electron chi connectivity index (χ2n) is 4.49. The number of nitrogens with zero attached hydrogens (tertiary/aromatic N) is 1. The van der Waals surface area contributed by atoms with Crippen LogP contribution in [0.15, 0.2) is 27.8 Å². The van der Waals surface area contributed by atoms with Gasteiger partial charge in [0.05, 0.1) is 21.7 Å². The molecule has 0 saturated heterocycles. The van der Waals surface area contributed by atoms with Crippen LogP contribution in [0.1, 0.15) is 18.4 Å². The Morgan fingerprint density at radius 1 is 1.38 bits per heavy atom. The number of nitrogens with one attached hydrogen (secondary N) is 1. The van der Waals surface area contributed by atoms with Gasteiger partial charge in [0.2, 0.25) is 5.91 Å². The van der Waals surface area contributed by atoms with Crippen molar-refractivity contribution < 1.29 is 9.21 Å². The highest BCUT2D eigenvalue weighted by Crippen LogP contribution is 2.28. The van der Waals surface area contributed by atoms with Crippen LogP contribution in [0.25, 0.3) is 0 Å². The number of carbonyl (C=O) groups excluding carboxylic acids is 1. The first kappa shape index (κ1) is 16.2. The minimum atomic E-state index is -0.366. The van der Waals surface area contributed by atoms with E-state index in [1.807, 2.05) is 13.8 Å². The lowest BCUT2D eigenvalue weighted by atomic mass is 10.3. The number of aryl methyl sites for hydroxylation is 2. The standard InChI is InChI=1S/C14H14Cl2N2O2S/c1-7-8(2)20-14(17-7)21-9(3)13(19)18-12-5-4-10(15)6-11(12)16/h4-6,9H,1-3H3,(H,18,19). The maximum atomic E-state index is 12.2. The van der Waals surface area contributed by atoms with Crippen molar-refractivity contribution in [1.82, 2.24) is 4.98 Å². The van der Waals surface area contributed by atoms with Crippen LogP contribution in [0.3, 0.4) is 0 Å². The van der Waals surface area contributed by atoms with Crippen LogP contribution in [0.4, 0.5) is 5.69 Å². The SMILES string of the molecule is Cc1nc(SC(C)C(=O)Nc2ccc(Cl)cc2Cl)oc1C. The molecule has 0 saturated carbocycles. The van der Waals surface area contributed by atoms with Gasteiger partial charge >= 0.3 is 0 Å². The van der Waals surface area contributed by atoms with Gasteiger partial charge in [-0.1, -0.05) is 35.0 Å². The van der Waals surface area contributed by atoms with Gasteiger partial charge in [-0.2, -0.15) is 0 Å². The summed E-state index contributed by atoms with van der Waals surface area (Å²) in [6.07, 6.45) is 0. The summed E-state index contributed by atoms with van der Waals surface area (Å²) in [6, 6.07) is 4.92. The van der Waals surface area contributed by atoms with Gasteiger partial charge in [-0.3, -0.25) is 4.79 Å². The number of hydrogen-bond acceptors (Lipinski definition) is 4. The molecule has 1 heterocycles. The first-order valence-corrected chi connectivity index (χ1v) is 7.87. The summed E-state index contributed by atoms with van der Waals surface area (Å²) >= 11 is 13.1. The number of aromatic nitrogens is 1. The summed E-state index contributed by atoms with van der Waals surface area (Å²) in [7, 11) is 0. The van der Waals surface area contributed by atoms with Gasteiger partial charge in [-0.05, 0) is 39.0 Å². The van der Waals surface area contributed by atoms with Crippen LogP contribution in [0.2, 0.25) is 10.0 Å². The zero-order valence-electron chi connectivity index (χ0n) is 11.7. The topological polar surface area (TPSA) is 55.1 Å². The zero-order valence-corrected chi connectivity index (χ0v) is 14.1. The normalized spacial score (nSPS) is 12.2. The van der Waals surface area contributed by atoms with E-state index in [1.54, 1.807) is 25.1 Å². The fraction of sp³-hybridized carbons (Fsp3) is 0.286. The molecule has 0 spiro atoms. The van der Waals surface area contributed by atoms with E-state index in [0.717, 1.165) is 11.5 Å². The third-order valence-corrected chi connectivity index (χ3v) is 4.34. The van der Waals surface area contributed by atoms with Crippen molar-refractivity contribution in [2.45, 2.75) is 31.2 Å². The Morgan fingerprint density at radius 3 is 2.67 bits per heavy atom. The van der Waals surface area contributed by atoms with Crippen LogP contribution in [-0.2, 0) is 4.79 Å². The number of oxazole rings is 1. The minimum absolute atomic E-state index is 0.183. The highest BCUT2D eigenvalue weighted by atomic mass is 35.5. The van der Waals surface area contributed by atoms with Gasteiger partial charge in [0.25, 0.3) is 5.22 Å². The molecular formula is C14H14Cl2N2O2S. The molecule has 1 aromatic heterocycles. The number of rotatable bonds is 4. The monoisotopic (exact) mass is 344 g/mol. The summed E-state index contributed by atoms with van der Waals surface area (Å²) in [4.78, 5) is 16.4. The third kappa shape index (κ3) is 4.15. The van der Waals surface area contributed by atoms with Gasteiger partial charge in [0.1, 0.15) is 5.76 Å². The van der Waals surface area contributed by atoms with E-state index < -0.39 is 0 Å². The van der Waals surface area contributed by atoms with E-state index in [1.165, 1.54) is 11.8 Å². The van der Waals surface area contributed by atoms with E-state index >= 15 is 0 Å².